The Morgan fingerprint density at radius 2 is 1.70 bits per heavy atom. The van der Waals surface area contributed by atoms with Gasteiger partial charge in [-0.25, -0.2) is 4.79 Å². The lowest BCUT2D eigenvalue weighted by Crippen LogP contribution is -2.43. The molecular weight excluding hydrogens is 290 g/mol. The monoisotopic (exact) mass is 315 g/mol. The van der Waals surface area contributed by atoms with Crippen LogP contribution in [0.4, 0.5) is 4.79 Å². The van der Waals surface area contributed by atoms with Crippen LogP contribution >= 0.6 is 0 Å². The molecule has 1 N–H and O–H groups in total. The summed E-state index contributed by atoms with van der Waals surface area (Å²) >= 11 is 0. The van der Waals surface area contributed by atoms with Gasteiger partial charge in [-0.1, -0.05) is 30.3 Å². The fourth-order valence-electron chi connectivity index (χ4n) is 2.92. The molecule has 1 aromatic carbocycles. The van der Waals surface area contributed by atoms with E-state index in [9.17, 15) is 9.59 Å². The molecule has 0 atom stereocenters. The lowest BCUT2D eigenvalue weighted by molar-refractivity contribution is -0.130. The molecule has 1 aliphatic carbocycles. The second-order valence-electron chi connectivity index (χ2n) is 6.51. The number of carbonyl (C=O) groups excluding carboxylic acids is 2. The first-order chi connectivity index (χ1) is 11.2. The molecule has 0 radical (unpaired) electrons. The van der Waals surface area contributed by atoms with E-state index in [1.165, 1.54) is 12.8 Å². The maximum Gasteiger partial charge on any atom is 0.317 e. The number of benzene rings is 1. The van der Waals surface area contributed by atoms with Crippen LogP contribution in [0, 0.1) is 5.92 Å². The summed E-state index contributed by atoms with van der Waals surface area (Å²) < 4.78 is 0. The third kappa shape index (κ3) is 4.71. The number of hydrogen-bond acceptors (Lipinski definition) is 2. The fourth-order valence-corrected chi connectivity index (χ4v) is 2.92. The molecular formula is C18H25N3O2. The summed E-state index contributed by atoms with van der Waals surface area (Å²) in [4.78, 5) is 28.3. The molecule has 3 amide bonds. The van der Waals surface area contributed by atoms with E-state index in [4.69, 9.17) is 0 Å². The normalized spacial score (nSPS) is 18.4. The highest BCUT2D eigenvalue weighted by molar-refractivity contribution is 5.79. The molecule has 0 unspecified atom stereocenters. The van der Waals surface area contributed by atoms with E-state index in [1.54, 1.807) is 0 Å². The Morgan fingerprint density at radius 1 is 1.00 bits per heavy atom. The van der Waals surface area contributed by atoms with Crippen LogP contribution in [0.15, 0.2) is 30.3 Å². The van der Waals surface area contributed by atoms with E-state index in [0.717, 1.165) is 31.6 Å². The molecule has 1 aromatic rings. The van der Waals surface area contributed by atoms with Gasteiger partial charge in [-0.3, -0.25) is 4.79 Å². The molecule has 2 aliphatic rings. The Morgan fingerprint density at radius 3 is 2.43 bits per heavy atom. The first-order valence-corrected chi connectivity index (χ1v) is 8.57. The minimum Gasteiger partial charge on any atom is -0.341 e. The van der Waals surface area contributed by atoms with Crippen molar-refractivity contribution in [3.05, 3.63) is 35.9 Å². The van der Waals surface area contributed by atoms with Crippen LogP contribution in [-0.4, -0.2) is 54.5 Å². The van der Waals surface area contributed by atoms with Gasteiger partial charge >= 0.3 is 6.03 Å². The smallest absolute Gasteiger partial charge is 0.317 e. The van der Waals surface area contributed by atoms with Crippen molar-refractivity contribution in [2.24, 2.45) is 5.92 Å². The molecule has 0 aromatic heterocycles. The zero-order valence-corrected chi connectivity index (χ0v) is 13.5. The van der Waals surface area contributed by atoms with Crippen LogP contribution in [0.25, 0.3) is 0 Å². The number of amides is 3. The van der Waals surface area contributed by atoms with E-state index < -0.39 is 0 Å². The molecule has 5 heteroatoms. The highest BCUT2D eigenvalue weighted by Crippen LogP contribution is 2.27. The molecule has 1 saturated carbocycles. The van der Waals surface area contributed by atoms with Gasteiger partial charge in [0, 0.05) is 32.7 Å². The maximum absolute atomic E-state index is 12.4. The largest absolute Gasteiger partial charge is 0.341 e. The number of hydrogen-bond donors (Lipinski definition) is 1. The summed E-state index contributed by atoms with van der Waals surface area (Å²) in [5.74, 6) is 0.839. The van der Waals surface area contributed by atoms with Gasteiger partial charge in [0.2, 0.25) is 5.91 Å². The first-order valence-electron chi connectivity index (χ1n) is 8.57. The van der Waals surface area contributed by atoms with Crippen LogP contribution < -0.4 is 5.32 Å². The summed E-state index contributed by atoms with van der Waals surface area (Å²) in [5, 5.41) is 3.01. The quantitative estimate of drug-likeness (QED) is 0.922. The number of carbonyl (C=O) groups is 2. The molecule has 0 spiro atoms. The van der Waals surface area contributed by atoms with Gasteiger partial charge in [0.25, 0.3) is 0 Å². The van der Waals surface area contributed by atoms with Crippen molar-refractivity contribution >= 4 is 11.9 Å². The number of rotatable bonds is 4. The van der Waals surface area contributed by atoms with Crippen LogP contribution in [0.3, 0.4) is 0 Å². The Balaban J connectivity index is 1.47. The van der Waals surface area contributed by atoms with Crippen molar-refractivity contribution in [2.75, 3.05) is 32.7 Å². The third-order valence-corrected chi connectivity index (χ3v) is 4.57. The van der Waals surface area contributed by atoms with Crippen LogP contribution in [0.1, 0.15) is 24.8 Å². The maximum atomic E-state index is 12.4. The predicted molar refractivity (Wildman–Crippen MR) is 89.0 cm³/mol. The lowest BCUT2D eigenvalue weighted by Gasteiger charge is -2.22. The zero-order valence-electron chi connectivity index (χ0n) is 13.5. The molecule has 124 valence electrons. The van der Waals surface area contributed by atoms with E-state index in [1.807, 2.05) is 40.1 Å². The third-order valence-electron chi connectivity index (χ3n) is 4.57. The Kier molecular flexibility index (Phi) is 5.16. The minimum atomic E-state index is 0.0225. The fraction of sp³-hybridized carbons (Fsp3) is 0.556. The second kappa shape index (κ2) is 7.49. The number of urea groups is 1. The van der Waals surface area contributed by atoms with Crippen LogP contribution in [-0.2, 0) is 11.2 Å². The Labute approximate surface area is 137 Å². The first kappa shape index (κ1) is 15.8. The predicted octanol–water partition coefficient (Wildman–Crippen LogP) is 1.88. The van der Waals surface area contributed by atoms with Crippen molar-refractivity contribution in [1.29, 1.82) is 0 Å². The van der Waals surface area contributed by atoms with Gasteiger partial charge in [-0.2, -0.15) is 0 Å². The molecule has 1 saturated heterocycles. The summed E-state index contributed by atoms with van der Waals surface area (Å²) in [7, 11) is 0. The van der Waals surface area contributed by atoms with Gasteiger partial charge in [0.15, 0.2) is 0 Å². The van der Waals surface area contributed by atoms with Gasteiger partial charge in [0.05, 0.1) is 6.42 Å². The van der Waals surface area contributed by atoms with E-state index in [0.29, 0.717) is 25.4 Å². The molecule has 3 rings (SSSR count). The lowest BCUT2D eigenvalue weighted by atomic mass is 10.1. The van der Waals surface area contributed by atoms with Crippen molar-refractivity contribution in [3.8, 4) is 0 Å². The van der Waals surface area contributed by atoms with Crippen molar-refractivity contribution in [3.63, 3.8) is 0 Å². The minimum absolute atomic E-state index is 0.0225. The molecule has 0 bridgehead atoms. The van der Waals surface area contributed by atoms with Crippen LogP contribution in [0.5, 0.6) is 0 Å². The van der Waals surface area contributed by atoms with Crippen molar-refractivity contribution < 1.29 is 9.59 Å². The van der Waals surface area contributed by atoms with Gasteiger partial charge in [0.1, 0.15) is 0 Å². The SMILES string of the molecule is O=C(Cc1ccccc1)N1CCCN(C(=O)NCC2CC2)CC1. The van der Waals surface area contributed by atoms with Crippen LogP contribution in [0.2, 0.25) is 0 Å². The summed E-state index contributed by atoms with van der Waals surface area (Å²) in [5.41, 5.74) is 1.04. The van der Waals surface area contributed by atoms with Crippen molar-refractivity contribution in [2.45, 2.75) is 25.7 Å². The van der Waals surface area contributed by atoms with Gasteiger partial charge in [-0.15, -0.1) is 0 Å². The zero-order chi connectivity index (χ0) is 16.1. The molecule has 1 heterocycles. The highest BCUT2D eigenvalue weighted by atomic mass is 16.2. The van der Waals surface area contributed by atoms with E-state index >= 15 is 0 Å². The summed E-state index contributed by atoms with van der Waals surface area (Å²) in [6.07, 6.45) is 3.76. The van der Waals surface area contributed by atoms with Gasteiger partial charge < -0.3 is 15.1 Å². The molecule has 1 aliphatic heterocycles. The summed E-state index contributed by atoms with van der Waals surface area (Å²) in [6, 6.07) is 9.85. The van der Waals surface area contributed by atoms with Gasteiger partial charge in [-0.05, 0) is 30.7 Å². The molecule has 2 fully saturated rings. The highest BCUT2D eigenvalue weighted by Gasteiger charge is 2.25. The number of nitrogens with zero attached hydrogens (tertiary/aromatic N) is 2. The standard InChI is InChI=1S/C18H25N3O2/c22-17(13-15-5-2-1-3-6-15)20-9-4-10-21(12-11-20)18(23)19-14-16-7-8-16/h1-3,5-6,16H,4,7-14H2,(H,19,23). The number of nitrogens with one attached hydrogen (secondary N) is 1. The van der Waals surface area contributed by atoms with E-state index in [2.05, 4.69) is 5.32 Å². The molecule has 23 heavy (non-hydrogen) atoms. The Bertz CT molecular complexity index is 542. The average Bonchev–Trinajstić information content (AvgIpc) is 3.40. The van der Waals surface area contributed by atoms with Crippen molar-refractivity contribution in [1.82, 2.24) is 15.1 Å². The molecule has 5 nitrogen and oxygen atoms in total. The second-order valence-corrected chi connectivity index (χ2v) is 6.51. The Hall–Kier alpha value is -2.04. The average molecular weight is 315 g/mol. The van der Waals surface area contributed by atoms with E-state index in [-0.39, 0.29) is 11.9 Å². The topological polar surface area (TPSA) is 52.7 Å². The summed E-state index contributed by atoms with van der Waals surface area (Å²) in [6.45, 7) is 3.51.